The molecule has 1 saturated carbocycles. The monoisotopic (exact) mass is 530 g/mol. The summed E-state index contributed by atoms with van der Waals surface area (Å²) in [5.74, 6) is 1.33. The van der Waals surface area contributed by atoms with Gasteiger partial charge in [-0.15, -0.1) is 0 Å². The number of ketones is 1. The minimum atomic E-state index is -0.0762. The van der Waals surface area contributed by atoms with Gasteiger partial charge in [-0.05, 0) is 44.7 Å². The van der Waals surface area contributed by atoms with Gasteiger partial charge in [-0.25, -0.2) is 0 Å². The number of hydrogen-bond acceptors (Lipinski definition) is 8. The summed E-state index contributed by atoms with van der Waals surface area (Å²) in [6.07, 6.45) is 9.25. The zero-order valence-corrected chi connectivity index (χ0v) is 22.7. The van der Waals surface area contributed by atoms with Crippen molar-refractivity contribution < 1.29 is 9.90 Å². The molecule has 3 aromatic heterocycles. The van der Waals surface area contributed by atoms with Crippen LogP contribution >= 0.6 is 0 Å². The molecule has 0 spiro atoms. The Bertz CT molecular complexity index is 1370. The van der Waals surface area contributed by atoms with Gasteiger partial charge in [-0.2, -0.15) is 15.1 Å². The molecule has 4 N–H and O–H groups in total. The van der Waals surface area contributed by atoms with Crippen LogP contribution in [-0.2, 0) is 6.54 Å². The summed E-state index contributed by atoms with van der Waals surface area (Å²) in [6, 6.07) is 9.46. The van der Waals surface area contributed by atoms with Gasteiger partial charge in [0.25, 0.3) is 0 Å². The lowest BCUT2D eigenvalue weighted by Crippen LogP contribution is -2.28. The first-order valence-corrected chi connectivity index (χ1v) is 14.0. The molecule has 1 aliphatic rings. The molecule has 206 valence electrons. The number of rotatable bonds is 12. The molecule has 0 aliphatic heterocycles. The number of H-pyrrole nitrogens is 1. The number of aromatic nitrogens is 5. The van der Waals surface area contributed by atoms with Crippen molar-refractivity contribution in [2.75, 3.05) is 36.9 Å². The Labute approximate surface area is 228 Å². The van der Waals surface area contributed by atoms with E-state index < -0.39 is 0 Å². The molecule has 10 nitrogen and oxygen atoms in total. The summed E-state index contributed by atoms with van der Waals surface area (Å²) >= 11 is 0. The quantitative estimate of drug-likeness (QED) is 0.198. The van der Waals surface area contributed by atoms with E-state index in [-0.39, 0.29) is 18.4 Å². The van der Waals surface area contributed by atoms with Gasteiger partial charge in [0, 0.05) is 37.2 Å². The third-order valence-electron chi connectivity index (χ3n) is 7.69. The maximum atomic E-state index is 13.4. The van der Waals surface area contributed by atoms with Crippen LogP contribution < -0.4 is 10.6 Å². The van der Waals surface area contributed by atoms with Crippen molar-refractivity contribution in [3.05, 3.63) is 60.0 Å². The van der Waals surface area contributed by atoms with E-state index in [4.69, 9.17) is 9.97 Å². The topological polar surface area (TPSA) is 124 Å². The van der Waals surface area contributed by atoms with Gasteiger partial charge in [0.2, 0.25) is 5.95 Å². The molecular formula is C29H38N8O2. The van der Waals surface area contributed by atoms with Gasteiger partial charge in [0.05, 0.1) is 29.4 Å². The summed E-state index contributed by atoms with van der Waals surface area (Å²) < 4.78 is 1.92. The van der Waals surface area contributed by atoms with Gasteiger partial charge in [-0.3, -0.25) is 9.48 Å². The lowest BCUT2D eigenvalue weighted by Gasteiger charge is -2.28. The first-order chi connectivity index (χ1) is 19.1. The van der Waals surface area contributed by atoms with E-state index in [2.05, 4.69) is 39.5 Å². The van der Waals surface area contributed by atoms with E-state index in [9.17, 15) is 9.90 Å². The smallest absolute Gasteiger partial charge is 0.231 e. The van der Waals surface area contributed by atoms with Crippen molar-refractivity contribution in [3.8, 4) is 0 Å². The molecule has 1 fully saturated rings. The van der Waals surface area contributed by atoms with Crippen LogP contribution in [0.15, 0.2) is 48.9 Å². The van der Waals surface area contributed by atoms with Crippen LogP contribution in [0.3, 0.4) is 0 Å². The van der Waals surface area contributed by atoms with Crippen molar-refractivity contribution in [1.29, 1.82) is 0 Å². The highest BCUT2D eigenvalue weighted by Gasteiger charge is 2.25. The fourth-order valence-electron chi connectivity index (χ4n) is 5.26. The van der Waals surface area contributed by atoms with Crippen molar-refractivity contribution in [1.82, 2.24) is 29.6 Å². The number of aromatic amines is 1. The number of fused-ring (bicyclic) bond motifs is 1. The zero-order valence-electron chi connectivity index (χ0n) is 22.7. The third-order valence-corrected chi connectivity index (χ3v) is 7.69. The van der Waals surface area contributed by atoms with Crippen LogP contribution in [-0.4, -0.2) is 72.8 Å². The number of likely N-dealkylation sites (N-methyl/N-ethyl adjacent to an activating group) is 1. The summed E-state index contributed by atoms with van der Waals surface area (Å²) in [5, 5.41) is 21.6. The predicted octanol–water partition coefficient (Wildman–Crippen LogP) is 4.43. The first kappa shape index (κ1) is 26.8. The Kier molecular flexibility index (Phi) is 8.53. The van der Waals surface area contributed by atoms with E-state index in [1.54, 1.807) is 12.4 Å². The number of carbonyl (C=O) groups excluding carboxylic acids is 1. The molecule has 4 aromatic rings. The van der Waals surface area contributed by atoms with E-state index in [0.717, 1.165) is 57.5 Å². The SMILES string of the molecule is CCN(CC)CCn1cc(Nc2nc(NC3CCC(CO)CC3)c3c(C(=O)c4ccccc4)c[nH]c3n2)cn1. The average molecular weight is 531 g/mol. The Morgan fingerprint density at radius 3 is 2.62 bits per heavy atom. The molecule has 0 unspecified atom stereocenters. The van der Waals surface area contributed by atoms with Gasteiger partial charge in [0.15, 0.2) is 5.78 Å². The lowest BCUT2D eigenvalue weighted by atomic mass is 9.86. The van der Waals surface area contributed by atoms with Crippen LogP contribution in [0.1, 0.15) is 55.5 Å². The molecular weight excluding hydrogens is 492 g/mol. The number of aliphatic hydroxyl groups excluding tert-OH is 1. The normalized spacial score (nSPS) is 17.5. The summed E-state index contributed by atoms with van der Waals surface area (Å²) in [7, 11) is 0. The fourth-order valence-corrected chi connectivity index (χ4v) is 5.26. The van der Waals surface area contributed by atoms with Crippen LogP contribution in [0.5, 0.6) is 0 Å². The van der Waals surface area contributed by atoms with Crippen molar-refractivity contribution in [3.63, 3.8) is 0 Å². The molecule has 39 heavy (non-hydrogen) atoms. The maximum absolute atomic E-state index is 13.4. The average Bonchev–Trinajstić information content (AvgIpc) is 3.61. The second-order valence-corrected chi connectivity index (χ2v) is 10.2. The number of benzene rings is 1. The second-order valence-electron chi connectivity index (χ2n) is 10.2. The van der Waals surface area contributed by atoms with Crippen LogP contribution in [0.25, 0.3) is 11.0 Å². The number of hydrogen-bond donors (Lipinski definition) is 4. The van der Waals surface area contributed by atoms with Gasteiger partial charge in [-0.1, -0.05) is 44.2 Å². The summed E-state index contributed by atoms with van der Waals surface area (Å²) in [4.78, 5) is 28.5. The van der Waals surface area contributed by atoms with E-state index >= 15 is 0 Å². The van der Waals surface area contributed by atoms with Gasteiger partial charge in [0.1, 0.15) is 11.5 Å². The van der Waals surface area contributed by atoms with Crippen LogP contribution in [0.2, 0.25) is 0 Å². The Morgan fingerprint density at radius 2 is 1.90 bits per heavy atom. The predicted molar refractivity (Wildman–Crippen MR) is 154 cm³/mol. The standard InChI is InChI=1S/C29H38N8O2/c1-3-36(4-2)14-15-37-18-23(16-31-37)33-29-34-27-25(24(17-30-27)26(39)21-8-6-5-7-9-21)28(35-29)32-22-12-10-20(19-38)11-13-22/h5-9,16-18,20,22,38H,3-4,10-15,19H2,1-2H3,(H3,30,32,33,34,35). The first-order valence-electron chi connectivity index (χ1n) is 14.0. The molecule has 0 radical (unpaired) electrons. The Hall–Kier alpha value is -3.76. The number of nitrogens with zero attached hydrogens (tertiary/aromatic N) is 5. The number of carbonyl (C=O) groups is 1. The van der Waals surface area contributed by atoms with Gasteiger partial charge < -0.3 is 25.6 Å². The molecule has 0 bridgehead atoms. The highest BCUT2D eigenvalue weighted by atomic mass is 16.3. The maximum Gasteiger partial charge on any atom is 0.231 e. The second kappa shape index (κ2) is 12.4. The van der Waals surface area contributed by atoms with E-state index in [0.29, 0.717) is 39.8 Å². The van der Waals surface area contributed by atoms with Crippen LogP contribution in [0.4, 0.5) is 17.5 Å². The van der Waals surface area contributed by atoms with Crippen molar-refractivity contribution >= 4 is 34.3 Å². The van der Waals surface area contributed by atoms with E-state index in [1.165, 1.54) is 0 Å². The molecule has 0 amide bonds. The van der Waals surface area contributed by atoms with Crippen molar-refractivity contribution in [2.45, 2.75) is 52.1 Å². The molecule has 10 heteroatoms. The Morgan fingerprint density at radius 1 is 1.13 bits per heavy atom. The molecule has 1 aliphatic carbocycles. The highest BCUT2D eigenvalue weighted by Crippen LogP contribution is 2.32. The summed E-state index contributed by atoms with van der Waals surface area (Å²) in [6.45, 7) is 8.32. The number of nitrogens with one attached hydrogen (secondary N) is 3. The molecule has 0 saturated heterocycles. The molecule has 1 aromatic carbocycles. The third kappa shape index (κ3) is 6.29. The zero-order chi connectivity index (χ0) is 27.2. The largest absolute Gasteiger partial charge is 0.396 e. The molecule has 0 atom stereocenters. The van der Waals surface area contributed by atoms with Crippen LogP contribution in [0, 0.1) is 5.92 Å². The minimum Gasteiger partial charge on any atom is -0.396 e. The fraction of sp³-hybridized carbons (Fsp3) is 0.448. The number of aliphatic hydroxyl groups is 1. The highest BCUT2D eigenvalue weighted by molar-refractivity contribution is 6.18. The number of anilines is 3. The summed E-state index contributed by atoms with van der Waals surface area (Å²) in [5.41, 5.74) is 2.55. The lowest BCUT2D eigenvalue weighted by molar-refractivity contribution is 0.104. The van der Waals surface area contributed by atoms with Gasteiger partial charge >= 0.3 is 0 Å². The minimum absolute atomic E-state index is 0.0762. The Balaban J connectivity index is 1.42. The molecule has 5 rings (SSSR count). The van der Waals surface area contributed by atoms with Crippen molar-refractivity contribution in [2.24, 2.45) is 5.92 Å². The van der Waals surface area contributed by atoms with E-state index in [1.807, 2.05) is 41.2 Å². The molecule has 3 heterocycles.